The number of aromatic nitrogens is 1. The average Bonchev–Trinajstić information content (AvgIpc) is 2.68. The molecule has 0 aliphatic carbocycles. The number of anilines is 2. The molecule has 0 aliphatic rings. The molecule has 0 radical (unpaired) electrons. The second-order valence-corrected chi connectivity index (χ2v) is 6.57. The van der Waals surface area contributed by atoms with Crippen LogP contribution in [0.1, 0.15) is 29.9 Å². The normalized spacial score (nSPS) is 10.7. The zero-order chi connectivity index (χ0) is 19.2. The van der Waals surface area contributed by atoms with Crippen LogP contribution in [0.25, 0.3) is 0 Å². The van der Waals surface area contributed by atoms with Crippen LogP contribution in [-0.4, -0.2) is 16.9 Å². The quantitative estimate of drug-likeness (QED) is 0.678. The Kier molecular flexibility index (Phi) is 5.81. The molecule has 3 aromatic rings. The number of carbonyl (C=O) groups is 1. The molecular weight excluding hydrogens is 341 g/mol. The Balaban J connectivity index is 1.80. The van der Waals surface area contributed by atoms with E-state index in [1.54, 1.807) is 12.3 Å². The molecule has 2 aromatic carbocycles. The fourth-order valence-electron chi connectivity index (χ4n) is 2.80. The Bertz CT molecular complexity index is 895. The first-order valence-electron chi connectivity index (χ1n) is 8.86. The number of benzene rings is 2. The number of nitrogens with one attached hydrogen (secondary N) is 1. The first-order valence-corrected chi connectivity index (χ1v) is 8.86. The Morgan fingerprint density at radius 2 is 1.78 bits per heavy atom. The van der Waals surface area contributed by atoms with E-state index in [1.165, 1.54) is 29.8 Å². The van der Waals surface area contributed by atoms with Gasteiger partial charge in [0.15, 0.2) is 0 Å². The summed E-state index contributed by atoms with van der Waals surface area (Å²) < 4.78 is 13.0. The van der Waals surface area contributed by atoms with E-state index in [4.69, 9.17) is 0 Å². The fraction of sp³-hybridized carbons (Fsp3) is 0.182. The predicted octanol–water partition coefficient (Wildman–Crippen LogP) is 4.89. The summed E-state index contributed by atoms with van der Waals surface area (Å²) in [6, 6.07) is 19.8. The third-order valence-electron chi connectivity index (χ3n) is 4.23. The van der Waals surface area contributed by atoms with Crippen molar-refractivity contribution in [3.05, 3.63) is 90.0 Å². The molecule has 0 saturated carbocycles. The minimum Gasteiger partial charge on any atom is -0.365 e. The van der Waals surface area contributed by atoms with Crippen molar-refractivity contribution in [2.75, 3.05) is 10.2 Å². The fourth-order valence-corrected chi connectivity index (χ4v) is 2.80. The van der Waals surface area contributed by atoms with E-state index in [2.05, 4.69) is 41.2 Å². The second-order valence-electron chi connectivity index (χ2n) is 6.57. The van der Waals surface area contributed by atoms with Crippen LogP contribution in [0.4, 0.5) is 15.8 Å². The number of hydrogen-bond donors (Lipinski definition) is 1. The molecule has 0 aliphatic heterocycles. The molecule has 0 fully saturated rings. The number of amides is 1. The molecule has 0 bridgehead atoms. The van der Waals surface area contributed by atoms with Crippen molar-refractivity contribution in [3.8, 4) is 0 Å². The SMILES string of the molecule is CC(C)N(Cc1ccccc1)c1ccnc(C(=O)Nc2ccc(F)cc2)c1. The summed E-state index contributed by atoms with van der Waals surface area (Å²) >= 11 is 0. The lowest BCUT2D eigenvalue weighted by Gasteiger charge is -2.29. The summed E-state index contributed by atoms with van der Waals surface area (Å²) in [5.74, 6) is -0.673. The van der Waals surface area contributed by atoms with Gasteiger partial charge in [-0.15, -0.1) is 0 Å². The van der Waals surface area contributed by atoms with Crippen LogP contribution in [0, 0.1) is 5.82 Å². The Labute approximate surface area is 158 Å². The van der Waals surface area contributed by atoms with Crippen LogP contribution in [0.3, 0.4) is 0 Å². The Hall–Kier alpha value is -3.21. The summed E-state index contributed by atoms with van der Waals surface area (Å²) in [5.41, 5.74) is 2.96. The smallest absolute Gasteiger partial charge is 0.274 e. The topological polar surface area (TPSA) is 45.2 Å². The van der Waals surface area contributed by atoms with Crippen LogP contribution in [0.2, 0.25) is 0 Å². The molecule has 138 valence electrons. The van der Waals surface area contributed by atoms with Gasteiger partial charge in [-0.3, -0.25) is 9.78 Å². The first-order chi connectivity index (χ1) is 13.0. The van der Waals surface area contributed by atoms with Crippen molar-refractivity contribution in [1.29, 1.82) is 0 Å². The maximum atomic E-state index is 13.0. The number of rotatable bonds is 6. The van der Waals surface area contributed by atoms with Gasteiger partial charge < -0.3 is 10.2 Å². The summed E-state index contributed by atoms with van der Waals surface area (Å²) in [6.45, 7) is 4.96. The van der Waals surface area contributed by atoms with E-state index in [9.17, 15) is 9.18 Å². The first kappa shape index (κ1) is 18.6. The summed E-state index contributed by atoms with van der Waals surface area (Å²) in [7, 11) is 0. The highest BCUT2D eigenvalue weighted by molar-refractivity contribution is 6.03. The van der Waals surface area contributed by atoms with Crippen molar-refractivity contribution in [3.63, 3.8) is 0 Å². The van der Waals surface area contributed by atoms with E-state index in [0.29, 0.717) is 11.4 Å². The van der Waals surface area contributed by atoms with Gasteiger partial charge in [0.1, 0.15) is 11.5 Å². The standard InChI is InChI=1S/C22H22FN3O/c1-16(2)26(15-17-6-4-3-5-7-17)20-12-13-24-21(14-20)22(27)25-19-10-8-18(23)9-11-19/h3-14,16H,15H2,1-2H3,(H,25,27). The summed E-state index contributed by atoms with van der Waals surface area (Å²) in [6.07, 6.45) is 1.63. The van der Waals surface area contributed by atoms with Crippen LogP contribution in [0.5, 0.6) is 0 Å². The maximum Gasteiger partial charge on any atom is 0.274 e. The van der Waals surface area contributed by atoms with E-state index in [-0.39, 0.29) is 17.8 Å². The number of nitrogens with zero attached hydrogens (tertiary/aromatic N) is 2. The molecule has 0 atom stereocenters. The van der Waals surface area contributed by atoms with Gasteiger partial charge >= 0.3 is 0 Å². The van der Waals surface area contributed by atoms with Gasteiger partial charge in [-0.2, -0.15) is 0 Å². The van der Waals surface area contributed by atoms with Crippen LogP contribution in [-0.2, 0) is 6.54 Å². The molecule has 0 spiro atoms. The highest BCUT2D eigenvalue weighted by Gasteiger charge is 2.15. The minimum atomic E-state index is -0.346. The molecule has 1 aromatic heterocycles. The lowest BCUT2D eigenvalue weighted by molar-refractivity contribution is 0.102. The highest BCUT2D eigenvalue weighted by Crippen LogP contribution is 2.21. The number of hydrogen-bond acceptors (Lipinski definition) is 3. The Morgan fingerprint density at radius 3 is 2.44 bits per heavy atom. The monoisotopic (exact) mass is 363 g/mol. The Morgan fingerprint density at radius 1 is 1.07 bits per heavy atom. The van der Waals surface area contributed by atoms with Crippen LogP contribution in [0.15, 0.2) is 72.9 Å². The molecule has 27 heavy (non-hydrogen) atoms. The van der Waals surface area contributed by atoms with Crippen molar-refractivity contribution in [2.24, 2.45) is 0 Å². The van der Waals surface area contributed by atoms with Crippen LogP contribution < -0.4 is 10.2 Å². The molecule has 3 rings (SSSR count). The number of carbonyl (C=O) groups excluding carboxylic acids is 1. The van der Waals surface area contributed by atoms with Crippen molar-refractivity contribution >= 4 is 17.3 Å². The lowest BCUT2D eigenvalue weighted by Crippen LogP contribution is -2.30. The van der Waals surface area contributed by atoms with E-state index < -0.39 is 0 Å². The molecule has 0 unspecified atom stereocenters. The van der Waals surface area contributed by atoms with Crippen molar-refractivity contribution < 1.29 is 9.18 Å². The number of pyridine rings is 1. The predicted molar refractivity (Wildman–Crippen MR) is 106 cm³/mol. The molecule has 1 N–H and O–H groups in total. The molecule has 4 nitrogen and oxygen atoms in total. The average molecular weight is 363 g/mol. The lowest BCUT2D eigenvalue weighted by atomic mass is 10.1. The summed E-state index contributed by atoms with van der Waals surface area (Å²) in [4.78, 5) is 18.9. The molecule has 1 heterocycles. The number of halogens is 1. The zero-order valence-electron chi connectivity index (χ0n) is 15.4. The van der Waals surface area contributed by atoms with Gasteiger partial charge in [0.2, 0.25) is 0 Å². The van der Waals surface area contributed by atoms with Crippen molar-refractivity contribution in [2.45, 2.75) is 26.4 Å². The van der Waals surface area contributed by atoms with Gasteiger partial charge in [0.25, 0.3) is 5.91 Å². The largest absolute Gasteiger partial charge is 0.365 e. The third kappa shape index (κ3) is 4.91. The second kappa shape index (κ2) is 8.45. The molecule has 1 amide bonds. The van der Waals surface area contributed by atoms with Gasteiger partial charge in [-0.05, 0) is 55.8 Å². The highest BCUT2D eigenvalue weighted by atomic mass is 19.1. The van der Waals surface area contributed by atoms with Crippen molar-refractivity contribution in [1.82, 2.24) is 4.98 Å². The van der Waals surface area contributed by atoms with Gasteiger partial charge in [-0.1, -0.05) is 30.3 Å². The third-order valence-corrected chi connectivity index (χ3v) is 4.23. The van der Waals surface area contributed by atoms with Gasteiger partial charge in [0.05, 0.1) is 0 Å². The molecule has 5 heteroatoms. The maximum absolute atomic E-state index is 13.0. The van der Waals surface area contributed by atoms with E-state index in [1.807, 2.05) is 24.3 Å². The minimum absolute atomic E-state index is 0.251. The van der Waals surface area contributed by atoms with Crippen LogP contribution >= 0.6 is 0 Å². The van der Waals surface area contributed by atoms with E-state index in [0.717, 1.165) is 12.2 Å². The van der Waals surface area contributed by atoms with Gasteiger partial charge in [-0.25, -0.2) is 4.39 Å². The molecular formula is C22H22FN3O. The van der Waals surface area contributed by atoms with Gasteiger partial charge in [0, 0.05) is 30.2 Å². The molecule has 0 saturated heterocycles. The summed E-state index contributed by atoms with van der Waals surface area (Å²) in [5, 5.41) is 2.74. The van der Waals surface area contributed by atoms with E-state index >= 15 is 0 Å². The zero-order valence-corrected chi connectivity index (χ0v) is 15.4.